The smallest absolute Gasteiger partial charge is 0.339 e. The van der Waals surface area contributed by atoms with Crippen LogP contribution in [0.4, 0.5) is 5.69 Å². The second-order valence-electron chi connectivity index (χ2n) is 5.75. The molecule has 4 nitrogen and oxygen atoms in total. The second-order valence-corrected chi connectivity index (χ2v) is 8.14. The van der Waals surface area contributed by atoms with E-state index in [-0.39, 0.29) is 10.6 Å². The summed E-state index contributed by atoms with van der Waals surface area (Å²) in [5.41, 5.74) is 2.51. The van der Waals surface area contributed by atoms with Crippen molar-refractivity contribution < 1.29 is 12.6 Å². The van der Waals surface area contributed by atoms with Crippen molar-refractivity contribution in [3.8, 4) is 5.75 Å². The van der Waals surface area contributed by atoms with Crippen LogP contribution in [0, 0.1) is 6.92 Å². The fourth-order valence-corrected chi connectivity index (χ4v) is 3.43. The summed E-state index contributed by atoms with van der Waals surface area (Å²) in [5.74, 6) is 0.209. The van der Waals surface area contributed by atoms with Gasteiger partial charge in [0, 0.05) is 16.3 Å². The molecule has 0 saturated heterocycles. The zero-order valence-corrected chi connectivity index (χ0v) is 16.6. The molecule has 27 heavy (non-hydrogen) atoms. The van der Waals surface area contributed by atoms with Crippen molar-refractivity contribution >= 4 is 45.2 Å². The van der Waals surface area contributed by atoms with Gasteiger partial charge in [0.15, 0.2) is 0 Å². The van der Waals surface area contributed by atoms with E-state index < -0.39 is 10.1 Å². The zero-order chi connectivity index (χ0) is 19.4. The first-order valence-electron chi connectivity index (χ1n) is 7.94. The minimum atomic E-state index is -3.91. The van der Waals surface area contributed by atoms with Gasteiger partial charge in [-0.15, -0.1) is 0 Å². The summed E-state index contributed by atoms with van der Waals surface area (Å²) >= 11 is 11.9. The molecule has 0 N–H and O–H groups in total. The van der Waals surface area contributed by atoms with Crippen LogP contribution in [-0.2, 0) is 10.1 Å². The molecule has 0 heterocycles. The zero-order valence-electron chi connectivity index (χ0n) is 14.3. The molecule has 7 heteroatoms. The molecule has 0 spiro atoms. The predicted molar refractivity (Wildman–Crippen MR) is 109 cm³/mol. The quantitative estimate of drug-likeness (QED) is 0.386. The highest BCUT2D eigenvalue weighted by atomic mass is 35.5. The maximum Gasteiger partial charge on any atom is 0.339 e. The first kappa shape index (κ1) is 19.4. The highest BCUT2D eigenvalue weighted by Crippen LogP contribution is 2.23. The van der Waals surface area contributed by atoms with Crippen molar-refractivity contribution in [2.45, 2.75) is 11.8 Å². The first-order valence-corrected chi connectivity index (χ1v) is 10.1. The van der Waals surface area contributed by atoms with Gasteiger partial charge in [0.25, 0.3) is 0 Å². The van der Waals surface area contributed by atoms with Crippen LogP contribution in [0.3, 0.4) is 0 Å². The Hall–Kier alpha value is -2.34. The number of benzene rings is 3. The third kappa shape index (κ3) is 5.10. The van der Waals surface area contributed by atoms with E-state index in [2.05, 4.69) is 4.99 Å². The molecule has 0 unspecified atom stereocenters. The Labute approximate surface area is 168 Å². The number of hydrogen-bond acceptors (Lipinski definition) is 4. The number of halogens is 2. The molecule has 138 valence electrons. The molecule has 0 aliphatic rings. The number of rotatable bonds is 5. The van der Waals surface area contributed by atoms with E-state index in [1.165, 1.54) is 24.3 Å². The van der Waals surface area contributed by atoms with Crippen molar-refractivity contribution in [3.05, 3.63) is 87.9 Å². The molecule has 0 atom stereocenters. The highest BCUT2D eigenvalue weighted by molar-refractivity contribution is 7.87. The van der Waals surface area contributed by atoms with Gasteiger partial charge in [-0.05, 0) is 78.7 Å². The van der Waals surface area contributed by atoms with E-state index in [4.69, 9.17) is 27.4 Å². The SMILES string of the molecule is Cc1ccc(N=Cc2ccc(OS(=O)(=O)c3ccc(Cl)cc3)cc2)cc1Cl. The molecule has 0 aliphatic carbocycles. The number of nitrogens with zero attached hydrogens (tertiary/aromatic N) is 1. The summed E-state index contributed by atoms with van der Waals surface area (Å²) in [7, 11) is -3.91. The Morgan fingerprint density at radius 2 is 1.59 bits per heavy atom. The van der Waals surface area contributed by atoms with Crippen LogP contribution in [0.25, 0.3) is 0 Å². The van der Waals surface area contributed by atoms with Gasteiger partial charge in [-0.25, -0.2) is 0 Å². The average Bonchev–Trinajstić information content (AvgIpc) is 2.64. The maximum absolute atomic E-state index is 12.3. The summed E-state index contributed by atoms with van der Waals surface area (Å²) in [6, 6.07) is 17.9. The maximum atomic E-state index is 12.3. The van der Waals surface area contributed by atoms with Crippen LogP contribution >= 0.6 is 23.2 Å². The first-order chi connectivity index (χ1) is 12.8. The van der Waals surface area contributed by atoms with Crippen LogP contribution in [-0.4, -0.2) is 14.6 Å². The third-order valence-electron chi connectivity index (χ3n) is 3.71. The Morgan fingerprint density at radius 3 is 2.22 bits per heavy atom. The van der Waals surface area contributed by atoms with Crippen molar-refractivity contribution in [2.24, 2.45) is 4.99 Å². The van der Waals surface area contributed by atoms with E-state index in [0.29, 0.717) is 10.0 Å². The molecule has 0 aromatic heterocycles. The Balaban J connectivity index is 1.72. The molecule has 0 aliphatic heterocycles. The van der Waals surface area contributed by atoms with E-state index in [0.717, 1.165) is 16.8 Å². The van der Waals surface area contributed by atoms with E-state index in [1.54, 1.807) is 36.5 Å². The standard InChI is InChI=1S/C20H15Cl2NO3S/c1-14-2-7-17(12-20(14)22)23-13-15-3-8-18(9-4-15)26-27(24,25)19-10-5-16(21)6-11-19/h2-13H,1H3. The molecule has 3 rings (SSSR count). The predicted octanol–water partition coefficient (Wildman–Crippen LogP) is 5.82. The fourth-order valence-electron chi connectivity index (χ4n) is 2.20. The molecule has 0 amide bonds. The highest BCUT2D eigenvalue weighted by Gasteiger charge is 2.16. The summed E-state index contributed by atoms with van der Waals surface area (Å²) in [6.07, 6.45) is 1.67. The second kappa shape index (κ2) is 8.13. The largest absolute Gasteiger partial charge is 0.379 e. The van der Waals surface area contributed by atoms with Gasteiger partial charge < -0.3 is 4.18 Å². The van der Waals surface area contributed by atoms with Gasteiger partial charge in [0.2, 0.25) is 0 Å². The molecular weight excluding hydrogens is 405 g/mol. The lowest BCUT2D eigenvalue weighted by Crippen LogP contribution is -2.09. The van der Waals surface area contributed by atoms with Gasteiger partial charge in [-0.2, -0.15) is 8.42 Å². The van der Waals surface area contributed by atoms with E-state index in [9.17, 15) is 8.42 Å². The topological polar surface area (TPSA) is 55.7 Å². The van der Waals surface area contributed by atoms with E-state index >= 15 is 0 Å². The molecule has 0 saturated carbocycles. The van der Waals surface area contributed by atoms with Crippen molar-refractivity contribution in [1.29, 1.82) is 0 Å². The number of aliphatic imine (C=N–C) groups is 1. The fraction of sp³-hybridized carbons (Fsp3) is 0.0500. The molecule has 3 aromatic carbocycles. The minimum Gasteiger partial charge on any atom is -0.379 e. The van der Waals surface area contributed by atoms with E-state index in [1.807, 2.05) is 19.1 Å². The average molecular weight is 420 g/mol. The molecule has 0 bridgehead atoms. The minimum absolute atomic E-state index is 0.0359. The molecule has 0 radical (unpaired) electrons. The van der Waals surface area contributed by atoms with Crippen molar-refractivity contribution in [3.63, 3.8) is 0 Å². The van der Waals surface area contributed by atoms with Crippen LogP contribution in [0.2, 0.25) is 10.0 Å². The number of hydrogen-bond donors (Lipinski definition) is 0. The summed E-state index contributed by atoms with van der Waals surface area (Å²) in [6.45, 7) is 1.92. The van der Waals surface area contributed by atoms with Crippen LogP contribution in [0.5, 0.6) is 5.75 Å². The van der Waals surface area contributed by atoms with Gasteiger partial charge in [-0.1, -0.05) is 29.3 Å². The lowest BCUT2D eigenvalue weighted by Gasteiger charge is -2.07. The summed E-state index contributed by atoms with van der Waals surface area (Å²) in [5, 5.41) is 1.10. The molecular formula is C20H15Cl2NO3S. The van der Waals surface area contributed by atoms with Gasteiger partial charge in [-0.3, -0.25) is 4.99 Å². The Kier molecular flexibility index (Phi) is 5.85. The summed E-state index contributed by atoms with van der Waals surface area (Å²) in [4.78, 5) is 4.39. The summed E-state index contributed by atoms with van der Waals surface area (Å²) < 4.78 is 29.7. The lowest BCUT2D eigenvalue weighted by atomic mass is 10.2. The van der Waals surface area contributed by atoms with Gasteiger partial charge in [0.05, 0.1) is 5.69 Å². The normalized spacial score (nSPS) is 11.7. The van der Waals surface area contributed by atoms with Crippen LogP contribution in [0.1, 0.15) is 11.1 Å². The van der Waals surface area contributed by atoms with Crippen LogP contribution < -0.4 is 4.18 Å². The van der Waals surface area contributed by atoms with Crippen molar-refractivity contribution in [1.82, 2.24) is 0 Å². The Morgan fingerprint density at radius 1 is 0.926 bits per heavy atom. The Bertz CT molecular complexity index is 1080. The van der Waals surface area contributed by atoms with Crippen LogP contribution in [0.15, 0.2) is 76.6 Å². The monoisotopic (exact) mass is 419 g/mol. The van der Waals surface area contributed by atoms with Gasteiger partial charge >= 0.3 is 10.1 Å². The lowest BCUT2D eigenvalue weighted by molar-refractivity contribution is 0.486. The molecule has 3 aromatic rings. The van der Waals surface area contributed by atoms with Crippen molar-refractivity contribution in [2.75, 3.05) is 0 Å². The number of aryl methyl sites for hydroxylation is 1. The third-order valence-corrected chi connectivity index (χ3v) is 5.63. The van der Waals surface area contributed by atoms with Gasteiger partial charge in [0.1, 0.15) is 10.6 Å². The molecule has 0 fully saturated rings.